The van der Waals surface area contributed by atoms with Crippen molar-refractivity contribution in [2.24, 2.45) is 10.9 Å². The van der Waals surface area contributed by atoms with Gasteiger partial charge in [0.15, 0.2) is 0 Å². The van der Waals surface area contributed by atoms with Crippen LogP contribution in [0.1, 0.15) is 27.2 Å². The second-order valence-corrected chi connectivity index (χ2v) is 4.97. The van der Waals surface area contributed by atoms with E-state index in [0.717, 1.165) is 5.69 Å². The number of amidine groups is 1. The van der Waals surface area contributed by atoms with Gasteiger partial charge >= 0.3 is 0 Å². The molecule has 0 saturated carbocycles. The first-order valence-corrected chi connectivity index (χ1v) is 6.72. The van der Waals surface area contributed by atoms with E-state index in [1.165, 1.54) is 0 Å². The van der Waals surface area contributed by atoms with Gasteiger partial charge in [-0.3, -0.25) is 9.69 Å². The lowest BCUT2D eigenvalue weighted by Crippen LogP contribution is -2.41. The van der Waals surface area contributed by atoms with Gasteiger partial charge in [-0.05, 0) is 18.1 Å². The van der Waals surface area contributed by atoms with Crippen LogP contribution in [0.4, 0.5) is 5.69 Å². The van der Waals surface area contributed by atoms with Crippen molar-refractivity contribution in [1.29, 1.82) is 0 Å². The number of rotatable bonds is 3. The predicted octanol–water partition coefficient (Wildman–Crippen LogP) is 2.97. The molecule has 102 valence electrons. The second-order valence-electron chi connectivity index (χ2n) is 4.97. The van der Waals surface area contributed by atoms with Crippen LogP contribution in [0.3, 0.4) is 0 Å². The Morgan fingerprint density at radius 2 is 2.11 bits per heavy atom. The number of aliphatic imine (C=N–C) groups is 1. The summed E-state index contributed by atoms with van der Waals surface area (Å²) in [5.74, 6) is 0.407. The summed E-state index contributed by atoms with van der Waals surface area (Å²) in [5.41, 5.74) is 0.802. The van der Waals surface area contributed by atoms with Crippen molar-refractivity contribution in [2.75, 3.05) is 6.61 Å². The summed E-state index contributed by atoms with van der Waals surface area (Å²) in [6.07, 6.45) is 0.459. The zero-order valence-corrected chi connectivity index (χ0v) is 11.7. The SMILES string of the molecule is CCC(=O)N1C(=Nc2ccccc2)OC[C@@H]1C(C)C. The van der Waals surface area contributed by atoms with E-state index in [1.54, 1.807) is 4.90 Å². The van der Waals surface area contributed by atoms with Crippen LogP contribution in [0.2, 0.25) is 0 Å². The third kappa shape index (κ3) is 2.95. The molecule has 1 saturated heterocycles. The van der Waals surface area contributed by atoms with Crippen molar-refractivity contribution in [3.63, 3.8) is 0 Å². The van der Waals surface area contributed by atoms with E-state index in [1.807, 2.05) is 37.3 Å². The van der Waals surface area contributed by atoms with Gasteiger partial charge in [-0.2, -0.15) is 4.99 Å². The van der Waals surface area contributed by atoms with Gasteiger partial charge in [0.05, 0.1) is 11.7 Å². The fourth-order valence-corrected chi connectivity index (χ4v) is 2.10. The molecule has 4 nitrogen and oxygen atoms in total. The molecular weight excluding hydrogens is 240 g/mol. The van der Waals surface area contributed by atoms with Crippen molar-refractivity contribution < 1.29 is 9.53 Å². The summed E-state index contributed by atoms with van der Waals surface area (Å²) in [4.78, 5) is 18.2. The average Bonchev–Trinajstić information content (AvgIpc) is 2.83. The van der Waals surface area contributed by atoms with Gasteiger partial charge in [-0.1, -0.05) is 39.0 Å². The maximum Gasteiger partial charge on any atom is 0.299 e. The summed E-state index contributed by atoms with van der Waals surface area (Å²) < 4.78 is 5.62. The van der Waals surface area contributed by atoms with Crippen LogP contribution in [0.25, 0.3) is 0 Å². The van der Waals surface area contributed by atoms with E-state index >= 15 is 0 Å². The summed E-state index contributed by atoms with van der Waals surface area (Å²) in [6.45, 7) is 6.57. The minimum Gasteiger partial charge on any atom is -0.462 e. The minimum atomic E-state index is 0.0610. The second kappa shape index (κ2) is 5.87. The lowest BCUT2D eigenvalue weighted by molar-refractivity contribution is -0.128. The van der Waals surface area contributed by atoms with Crippen molar-refractivity contribution >= 4 is 17.6 Å². The fourth-order valence-electron chi connectivity index (χ4n) is 2.10. The number of para-hydroxylation sites is 1. The van der Waals surface area contributed by atoms with Crippen LogP contribution in [-0.2, 0) is 9.53 Å². The van der Waals surface area contributed by atoms with E-state index in [-0.39, 0.29) is 11.9 Å². The topological polar surface area (TPSA) is 41.9 Å². The molecule has 1 heterocycles. The molecule has 0 spiro atoms. The van der Waals surface area contributed by atoms with Gasteiger partial charge in [-0.15, -0.1) is 0 Å². The normalized spacial score (nSPS) is 20.9. The molecular formula is C15H20N2O2. The molecule has 0 aromatic heterocycles. The number of hydrogen-bond acceptors (Lipinski definition) is 3. The Balaban J connectivity index is 2.29. The Morgan fingerprint density at radius 1 is 1.42 bits per heavy atom. The standard InChI is InChI=1S/C15H20N2O2/c1-4-14(18)17-13(11(2)3)10-19-15(17)16-12-8-6-5-7-9-12/h5-9,11,13H,4,10H2,1-3H3/t13-/m1/s1. The number of hydrogen-bond donors (Lipinski definition) is 0. The molecule has 2 rings (SSSR count). The molecule has 0 N–H and O–H groups in total. The number of amides is 1. The summed E-state index contributed by atoms with van der Waals surface area (Å²) in [5, 5.41) is 0. The molecule has 1 aliphatic heterocycles. The van der Waals surface area contributed by atoms with Crippen molar-refractivity contribution in [3.05, 3.63) is 30.3 Å². The Kier molecular flexibility index (Phi) is 4.20. The Labute approximate surface area is 114 Å². The molecule has 0 unspecified atom stereocenters. The van der Waals surface area contributed by atoms with Crippen LogP contribution in [-0.4, -0.2) is 29.5 Å². The maximum atomic E-state index is 12.1. The van der Waals surface area contributed by atoms with Crippen LogP contribution in [0.15, 0.2) is 35.3 Å². The van der Waals surface area contributed by atoms with Crippen LogP contribution in [0, 0.1) is 5.92 Å². The molecule has 1 amide bonds. The molecule has 0 bridgehead atoms. The summed E-state index contributed by atoms with van der Waals surface area (Å²) in [7, 11) is 0. The molecule has 1 aliphatic rings. The number of nitrogens with zero attached hydrogens (tertiary/aromatic N) is 2. The minimum absolute atomic E-state index is 0.0610. The fraction of sp³-hybridized carbons (Fsp3) is 0.467. The Bertz CT molecular complexity index is 468. The summed E-state index contributed by atoms with van der Waals surface area (Å²) >= 11 is 0. The van der Waals surface area contributed by atoms with Gasteiger partial charge < -0.3 is 4.74 Å². The van der Waals surface area contributed by atoms with Gasteiger partial charge in [0.1, 0.15) is 6.61 Å². The number of benzene rings is 1. The number of carbonyl (C=O) groups excluding carboxylic acids is 1. The van der Waals surface area contributed by atoms with E-state index in [0.29, 0.717) is 25.0 Å². The van der Waals surface area contributed by atoms with Gasteiger partial charge in [0.25, 0.3) is 6.02 Å². The van der Waals surface area contributed by atoms with E-state index in [4.69, 9.17) is 4.74 Å². The van der Waals surface area contributed by atoms with Crippen molar-refractivity contribution in [3.8, 4) is 0 Å². The van der Waals surface area contributed by atoms with E-state index < -0.39 is 0 Å². The first kappa shape index (κ1) is 13.6. The maximum absolute atomic E-state index is 12.1. The van der Waals surface area contributed by atoms with Crippen LogP contribution in [0.5, 0.6) is 0 Å². The zero-order valence-electron chi connectivity index (χ0n) is 11.7. The monoisotopic (exact) mass is 260 g/mol. The molecule has 1 aromatic carbocycles. The Morgan fingerprint density at radius 3 is 2.68 bits per heavy atom. The largest absolute Gasteiger partial charge is 0.462 e. The molecule has 19 heavy (non-hydrogen) atoms. The smallest absolute Gasteiger partial charge is 0.299 e. The molecule has 4 heteroatoms. The van der Waals surface area contributed by atoms with Crippen LogP contribution >= 0.6 is 0 Å². The highest BCUT2D eigenvalue weighted by molar-refractivity contribution is 5.96. The third-order valence-electron chi connectivity index (χ3n) is 3.24. The first-order valence-electron chi connectivity index (χ1n) is 6.72. The predicted molar refractivity (Wildman–Crippen MR) is 75.3 cm³/mol. The molecule has 1 fully saturated rings. The molecule has 1 atom stereocenters. The number of ether oxygens (including phenoxy) is 1. The van der Waals surface area contributed by atoms with E-state index in [9.17, 15) is 4.79 Å². The zero-order chi connectivity index (χ0) is 13.8. The molecule has 1 aromatic rings. The quantitative estimate of drug-likeness (QED) is 0.838. The average molecular weight is 260 g/mol. The highest BCUT2D eigenvalue weighted by atomic mass is 16.5. The Hall–Kier alpha value is -1.84. The van der Waals surface area contributed by atoms with Gasteiger partial charge in [-0.25, -0.2) is 0 Å². The third-order valence-corrected chi connectivity index (χ3v) is 3.24. The molecule has 0 aliphatic carbocycles. The summed E-state index contributed by atoms with van der Waals surface area (Å²) in [6, 6.07) is 10.1. The van der Waals surface area contributed by atoms with E-state index in [2.05, 4.69) is 18.8 Å². The lowest BCUT2D eigenvalue weighted by atomic mass is 10.0. The lowest BCUT2D eigenvalue weighted by Gasteiger charge is -2.23. The van der Waals surface area contributed by atoms with Gasteiger partial charge in [0, 0.05) is 6.42 Å². The highest BCUT2D eigenvalue weighted by Gasteiger charge is 2.37. The molecule has 0 radical (unpaired) electrons. The van der Waals surface area contributed by atoms with Crippen LogP contribution < -0.4 is 0 Å². The van der Waals surface area contributed by atoms with Crippen molar-refractivity contribution in [1.82, 2.24) is 4.90 Å². The highest BCUT2D eigenvalue weighted by Crippen LogP contribution is 2.23. The first-order chi connectivity index (χ1) is 9.13. The van der Waals surface area contributed by atoms with Crippen molar-refractivity contribution in [2.45, 2.75) is 33.2 Å². The van der Waals surface area contributed by atoms with Gasteiger partial charge in [0.2, 0.25) is 5.91 Å². The number of carbonyl (C=O) groups is 1.